The molecule has 0 amide bonds. The van der Waals surface area contributed by atoms with Crippen molar-refractivity contribution in [2.45, 2.75) is 40.2 Å². The van der Waals surface area contributed by atoms with Crippen LogP contribution in [0.25, 0.3) is 5.69 Å². The minimum absolute atomic E-state index is 0.450. The summed E-state index contributed by atoms with van der Waals surface area (Å²) >= 11 is 0. The molecule has 0 unspecified atom stereocenters. The fourth-order valence-corrected chi connectivity index (χ4v) is 3.43. The smallest absolute Gasteiger partial charge is 0.0648 e. The van der Waals surface area contributed by atoms with Crippen LogP contribution in [-0.4, -0.2) is 27.8 Å². The molecule has 118 valence electrons. The molecule has 0 aliphatic carbocycles. The molecule has 1 fully saturated rings. The summed E-state index contributed by atoms with van der Waals surface area (Å²) in [5.74, 6) is 0.860. The molecule has 3 heteroatoms. The monoisotopic (exact) mass is 297 g/mol. The summed E-state index contributed by atoms with van der Waals surface area (Å²) in [7, 11) is 0. The predicted octanol–water partition coefficient (Wildman–Crippen LogP) is 4.13. The van der Waals surface area contributed by atoms with Crippen molar-refractivity contribution in [3.05, 3.63) is 48.3 Å². The van der Waals surface area contributed by atoms with Crippen molar-refractivity contribution in [3.8, 4) is 5.69 Å². The summed E-state index contributed by atoms with van der Waals surface area (Å²) in [5.41, 5.74) is 2.97. The van der Waals surface area contributed by atoms with E-state index in [2.05, 4.69) is 55.0 Å². The summed E-state index contributed by atoms with van der Waals surface area (Å²) < 4.78 is 1.93. The Morgan fingerprint density at radius 1 is 1.14 bits per heavy atom. The number of benzene rings is 1. The number of likely N-dealkylation sites (tertiary alicyclic amines) is 1. The maximum Gasteiger partial charge on any atom is 0.0648 e. The summed E-state index contributed by atoms with van der Waals surface area (Å²) in [6.45, 7) is 10.6. The standard InChI is InChI=1S/C19H27N3/c1-19(2,3)17-8-12-21(13-9-17)15-16-6-4-7-18(14-16)22-11-5-10-20-22/h4-7,10-11,14,17H,8-9,12-13,15H2,1-3H3. The topological polar surface area (TPSA) is 21.1 Å². The van der Waals surface area contributed by atoms with Gasteiger partial charge >= 0.3 is 0 Å². The third-order valence-corrected chi connectivity index (χ3v) is 4.90. The van der Waals surface area contributed by atoms with Gasteiger partial charge in [0.25, 0.3) is 0 Å². The highest BCUT2D eigenvalue weighted by molar-refractivity contribution is 5.35. The van der Waals surface area contributed by atoms with Crippen LogP contribution in [0.3, 0.4) is 0 Å². The van der Waals surface area contributed by atoms with Crippen molar-refractivity contribution in [1.29, 1.82) is 0 Å². The van der Waals surface area contributed by atoms with E-state index in [1.54, 1.807) is 0 Å². The molecule has 2 heterocycles. The quantitative estimate of drug-likeness (QED) is 0.849. The van der Waals surface area contributed by atoms with Crippen molar-refractivity contribution < 1.29 is 0 Å². The Labute approximate surface area is 133 Å². The molecule has 3 rings (SSSR count). The van der Waals surface area contributed by atoms with E-state index in [1.807, 2.05) is 23.1 Å². The average molecular weight is 297 g/mol. The molecule has 22 heavy (non-hydrogen) atoms. The van der Waals surface area contributed by atoms with E-state index >= 15 is 0 Å². The summed E-state index contributed by atoms with van der Waals surface area (Å²) in [6, 6.07) is 10.7. The highest BCUT2D eigenvalue weighted by Gasteiger charge is 2.28. The second-order valence-corrected chi connectivity index (χ2v) is 7.54. The van der Waals surface area contributed by atoms with Gasteiger partial charge in [0, 0.05) is 18.9 Å². The maximum absolute atomic E-state index is 4.31. The van der Waals surface area contributed by atoms with Crippen LogP contribution in [-0.2, 0) is 6.54 Å². The molecule has 2 aromatic rings. The summed E-state index contributed by atoms with van der Waals surface area (Å²) in [5, 5.41) is 4.31. The normalized spacial score (nSPS) is 17.8. The third-order valence-electron chi connectivity index (χ3n) is 4.90. The lowest BCUT2D eigenvalue weighted by Gasteiger charge is -2.38. The minimum Gasteiger partial charge on any atom is -0.299 e. The van der Waals surface area contributed by atoms with Gasteiger partial charge in [0.15, 0.2) is 0 Å². The van der Waals surface area contributed by atoms with E-state index in [1.165, 1.54) is 31.5 Å². The number of rotatable bonds is 3. The van der Waals surface area contributed by atoms with Crippen LogP contribution in [0.2, 0.25) is 0 Å². The first kappa shape index (κ1) is 15.3. The molecule has 1 aromatic carbocycles. The van der Waals surface area contributed by atoms with Gasteiger partial charge in [0.2, 0.25) is 0 Å². The van der Waals surface area contributed by atoms with Crippen molar-refractivity contribution in [1.82, 2.24) is 14.7 Å². The van der Waals surface area contributed by atoms with Gasteiger partial charge in [-0.05, 0) is 61.0 Å². The number of hydrogen-bond acceptors (Lipinski definition) is 2. The lowest BCUT2D eigenvalue weighted by molar-refractivity contribution is 0.108. The van der Waals surface area contributed by atoms with Gasteiger partial charge in [-0.25, -0.2) is 4.68 Å². The number of aromatic nitrogens is 2. The van der Waals surface area contributed by atoms with Crippen molar-refractivity contribution in [2.24, 2.45) is 11.3 Å². The van der Waals surface area contributed by atoms with Gasteiger partial charge in [-0.3, -0.25) is 4.90 Å². The largest absolute Gasteiger partial charge is 0.299 e. The molecule has 3 nitrogen and oxygen atoms in total. The third kappa shape index (κ3) is 3.58. The Bertz CT molecular complexity index is 587. The van der Waals surface area contributed by atoms with Crippen molar-refractivity contribution >= 4 is 0 Å². The Balaban J connectivity index is 1.62. The summed E-state index contributed by atoms with van der Waals surface area (Å²) in [6.07, 6.45) is 6.46. The molecule has 1 aliphatic heterocycles. The van der Waals surface area contributed by atoms with Crippen LogP contribution < -0.4 is 0 Å². The zero-order valence-corrected chi connectivity index (χ0v) is 14.0. The molecule has 0 radical (unpaired) electrons. The molecule has 1 aromatic heterocycles. The second-order valence-electron chi connectivity index (χ2n) is 7.54. The SMILES string of the molecule is CC(C)(C)C1CCN(Cc2cccc(-n3cccn3)c2)CC1. The van der Waals surface area contributed by atoms with Crippen molar-refractivity contribution in [2.75, 3.05) is 13.1 Å². The predicted molar refractivity (Wildman–Crippen MR) is 91.0 cm³/mol. The average Bonchev–Trinajstić information content (AvgIpc) is 3.01. The van der Waals surface area contributed by atoms with Gasteiger partial charge < -0.3 is 0 Å². The summed E-state index contributed by atoms with van der Waals surface area (Å²) in [4.78, 5) is 2.59. The Kier molecular flexibility index (Phi) is 4.34. The van der Waals surface area contributed by atoms with E-state index < -0.39 is 0 Å². The lowest BCUT2D eigenvalue weighted by atomic mass is 9.75. The fourth-order valence-electron chi connectivity index (χ4n) is 3.43. The molecule has 0 spiro atoms. The second kappa shape index (κ2) is 6.25. The molecular formula is C19H27N3. The van der Waals surface area contributed by atoms with Crippen LogP contribution in [0.4, 0.5) is 0 Å². The lowest BCUT2D eigenvalue weighted by Crippen LogP contribution is -2.37. The van der Waals surface area contributed by atoms with E-state index in [0.717, 1.165) is 18.2 Å². The van der Waals surface area contributed by atoms with Crippen LogP contribution in [0.5, 0.6) is 0 Å². The van der Waals surface area contributed by atoms with Gasteiger partial charge in [-0.1, -0.05) is 32.9 Å². The van der Waals surface area contributed by atoms with Crippen LogP contribution >= 0.6 is 0 Å². The first-order valence-corrected chi connectivity index (χ1v) is 8.34. The molecule has 0 bridgehead atoms. The van der Waals surface area contributed by atoms with Gasteiger partial charge in [-0.15, -0.1) is 0 Å². The molecular weight excluding hydrogens is 270 g/mol. The van der Waals surface area contributed by atoms with E-state index in [9.17, 15) is 0 Å². The maximum atomic E-state index is 4.31. The minimum atomic E-state index is 0.450. The number of hydrogen-bond donors (Lipinski definition) is 0. The number of nitrogens with zero attached hydrogens (tertiary/aromatic N) is 3. The zero-order valence-electron chi connectivity index (χ0n) is 14.0. The van der Waals surface area contributed by atoms with E-state index in [4.69, 9.17) is 0 Å². The first-order chi connectivity index (χ1) is 10.5. The molecule has 0 N–H and O–H groups in total. The molecule has 1 saturated heterocycles. The van der Waals surface area contributed by atoms with E-state index in [0.29, 0.717) is 5.41 Å². The van der Waals surface area contributed by atoms with Gasteiger partial charge in [0.05, 0.1) is 5.69 Å². The molecule has 0 atom stereocenters. The van der Waals surface area contributed by atoms with Crippen LogP contribution in [0.15, 0.2) is 42.7 Å². The van der Waals surface area contributed by atoms with Crippen LogP contribution in [0, 0.1) is 11.3 Å². The van der Waals surface area contributed by atoms with Gasteiger partial charge in [0.1, 0.15) is 0 Å². The molecule has 1 aliphatic rings. The Morgan fingerprint density at radius 3 is 2.55 bits per heavy atom. The van der Waals surface area contributed by atoms with E-state index in [-0.39, 0.29) is 0 Å². The highest BCUT2D eigenvalue weighted by Crippen LogP contribution is 2.34. The molecule has 0 saturated carbocycles. The zero-order chi connectivity index (χ0) is 15.6. The first-order valence-electron chi connectivity index (χ1n) is 8.34. The van der Waals surface area contributed by atoms with Gasteiger partial charge in [-0.2, -0.15) is 5.10 Å². The Hall–Kier alpha value is -1.61. The van der Waals surface area contributed by atoms with Crippen LogP contribution in [0.1, 0.15) is 39.2 Å². The highest BCUT2D eigenvalue weighted by atomic mass is 15.3. The fraction of sp³-hybridized carbons (Fsp3) is 0.526. The Morgan fingerprint density at radius 2 is 1.91 bits per heavy atom. The number of piperidine rings is 1. The van der Waals surface area contributed by atoms with Crippen molar-refractivity contribution in [3.63, 3.8) is 0 Å².